The van der Waals surface area contributed by atoms with E-state index in [2.05, 4.69) is 31.4 Å². The van der Waals surface area contributed by atoms with Crippen LogP contribution < -0.4 is 9.64 Å². The Bertz CT molecular complexity index is 1040. The number of halogens is 1. The van der Waals surface area contributed by atoms with Crippen molar-refractivity contribution in [3.63, 3.8) is 0 Å². The Labute approximate surface area is 187 Å². The van der Waals surface area contributed by atoms with E-state index in [0.717, 1.165) is 56.2 Å². The van der Waals surface area contributed by atoms with Crippen LogP contribution in [0.5, 0.6) is 5.75 Å². The quantitative estimate of drug-likeness (QED) is 0.585. The summed E-state index contributed by atoms with van der Waals surface area (Å²) in [5.74, 6) is 1.52. The molecule has 2 aliphatic rings. The lowest BCUT2D eigenvalue weighted by Gasteiger charge is -2.40. The molecule has 0 radical (unpaired) electrons. The first-order valence-corrected chi connectivity index (χ1v) is 11.4. The Morgan fingerprint density at radius 2 is 1.69 bits per heavy atom. The highest BCUT2D eigenvalue weighted by molar-refractivity contribution is 5.48. The standard InChI is InChI=1S/C24H29FN6O/c1-32-22-13-7-4-10-19(22)23(24-26-27-28-31(24)18-8-2-3-9-18)30-16-14-29(15-17-30)21-12-6-5-11-20(21)25/h4-7,10-13,18,23H,2-3,8-9,14-17H2,1H3/t23-/m1/s1. The molecule has 7 nitrogen and oxygen atoms in total. The van der Waals surface area contributed by atoms with Gasteiger partial charge in [-0.15, -0.1) is 5.10 Å². The predicted octanol–water partition coefficient (Wildman–Crippen LogP) is 3.85. The number of methoxy groups -OCH3 is 1. The molecule has 1 aliphatic carbocycles. The summed E-state index contributed by atoms with van der Waals surface area (Å²) < 4.78 is 22.1. The summed E-state index contributed by atoms with van der Waals surface area (Å²) in [6.45, 7) is 3.01. The molecule has 0 amide bonds. The molecule has 5 rings (SSSR count). The molecule has 8 heteroatoms. The van der Waals surface area contributed by atoms with E-state index in [4.69, 9.17) is 4.74 Å². The summed E-state index contributed by atoms with van der Waals surface area (Å²) in [4.78, 5) is 4.51. The molecule has 1 aromatic heterocycles. The number of benzene rings is 2. The number of piperazine rings is 1. The number of hydrogen-bond donors (Lipinski definition) is 0. The van der Waals surface area contributed by atoms with E-state index < -0.39 is 0 Å². The van der Waals surface area contributed by atoms with Gasteiger partial charge in [0.1, 0.15) is 17.6 Å². The second-order valence-corrected chi connectivity index (χ2v) is 8.54. The third-order valence-corrected chi connectivity index (χ3v) is 6.74. The van der Waals surface area contributed by atoms with Crippen LogP contribution in [-0.4, -0.2) is 58.4 Å². The Kier molecular flexibility index (Phi) is 6.03. The zero-order chi connectivity index (χ0) is 21.9. The van der Waals surface area contributed by atoms with Crippen molar-refractivity contribution in [3.05, 3.63) is 65.7 Å². The number of aromatic nitrogens is 4. The van der Waals surface area contributed by atoms with E-state index in [1.165, 1.54) is 18.9 Å². The molecule has 32 heavy (non-hydrogen) atoms. The zero-order valence-corrected chi connectivity index (χ0v) is 18.4. The molecule has 1 aliphatic heterocycles. The van der Waals surface area contributed by atoms with Crippen LogP contribution in [-0.2, 0) is 0 Å². The second-order valence-electron chi connectivity index (χ2n) is 8.54. The molecule has 168 valence electrons. The first-order chi connectivity index (χ1) is 15.8. The maximum Gasteiger partial charge on any atom is 0.173 e. The maximum atomic E-state index is 14.3. The smallest absolute Gasteiger partial charge is 0.173 e. The number of nitrogens with zero attached hydrogens (tertiary/aromatic N) is 6. The lowest BCUT2D eigenvalue weighted by atomic mass is 10.0. The molecule has 0 unspecified atom stereocenters. The minimum Gasteiger partial charge on any atom is -0.496 e. The first-order valence-electron chi connectivity index (χ1n) is 11.4. The highest BCUT2D eigenvalue weighted by Crippen LogP contribution is 2.37. The highest BCUT2D eigenvalue weighted by atomic mass is 19.1. The Balaban J connectivity index is 1.47. The van der Waals surface area contributed by atoms with Crippen molar-refractivity contribution in [2.24, 2.45) is 0 Å². The van der Waals surface area contributed by atoms with Crippen LogP contribution in [0.25, 0.3) is 0 Å². The average molecular weight is 437 g/mol. The third kappa shape index (κ3) is 3.95. The zero-order valence-electron chi connectivity index (χ0n) is 18.4. The second kappa shape index (κ2) is 9.24. The Hall–Kier alpha value is -3.00. The van der Waals surface area contributed by atoms with Crippen molar-refractivity contribution in [2.45, 2.75) is 37.8 Å². The summed E-state index contributed by atoms with van der Waals surface area (Å²) in [5.41, 5.74) is 1.72. The van der Waals surface area contributed by atoms with Crippen LogP contribution in [0.3, 0.4) is 0 Å². The SMILES string of the molecule is COc1ccccc1[C@H](c1nnnn1C1CCCC1)N1CCN(c2ccccc2F)CC1. The van der Waals surface area contributed by atoms with E-state index in [9.17, 15) is 4.39 Å². The molecule has 3 aromatic rings. The van der Waals surface area contributed by atoms with Crippen LogP contribution >= 0.6 is 0 Å². The van der Waals surface area contributed by atoms with Gasteiger partial charge in [-0.05, 0) is 41.5 Å². The lowest BCUT2D eigenvalue weighted by molar-refractivity contribution is 0.194. The van der Waals surface area contributed by atoms with Gasteiger partial charge in [0.2, 0.25) is 0 Å². The Morgan fingerprint density at radius 1 is 0.969 bits per heavy atom. The van der Waals surface area contributed by atoms with E-state index in [1.807, 2.05) is 35.0 Å². The first kappa shape index (κ1) is 20.9. The minimum absolute atomic E-state index is 0.121. The molecule has 2 aromatic carbocycles. The maximum absolute atomic E-state index is 14.3. The molecule has 2 fully saturated rings. The van der Waals surface area contributed by atoms with Crippen LogP contribution in [0, 0.1) is 5.82 Å². The van der Waals surface area contributed by atoms with Gasteiger partial charge < -0.3 is 9.64 Å². The number of tetrazole rings is 1. The summed E-state index contributed by atoms with van der Waals surface area (Å²) in [7, 11) is 1.70. The van der Waals surface area contributed by atoms with Gasteiger partial charge in [0, 0.05) is 31.7 Å². The van der Waals surface area contributed by atoms with Gasteiger partial charge in [-0.3, -0.25) is 4.90 Å². The van der Waals surface area contributed by atoms with Crippen molar-refractivity contribution >= 4 is 5.69 Å². The van der Waals surface area contributed by atoms with Crippen LogP contribution in [0.15, 0.2) is 48.5 Å². The lowest BCUT2D eigenvalue weighted by Crippen LogP contribution is -2.48. The van der Waals surface area contributed by atoms with Gasteiger partial charge in [0.05, 0.1) is 18.8 Å². The van der Waals surface area contributed by atoms with Gasteiger partial charge in [-0.1, -0.05) is 43.2 Å². The monoisotopic (exact) mass is 436 g/mol. The molecule has 0 bridgehead atoms. The molecular weight excluding hydrogens is 407 g/mol. The van der Waals surface area contributed by atoms with Gasteiger partial charge in [-0.2, -0.15) is 0 Å². The summed E-state index contributed by atoms with van der Waals surface area (Å²) in [5, 5.41) is 13.0. The number of para-hydroxylation sites is 2. The normalized spacial score (nSPS) is 18.8. The third-order valence-electron chi connectivity index (χ3n) is 6.74. The van der Waals surface area contributed by atoms with Crippen molar-refractivity contribution in [1.82, 2.24) is 25.1 Å². The van der Waals surface area contributed by atoms with Gasteiger partial charge in [0.15, 0.2) is 5.82 Å². The van der Waals surface area contributed by atoms with E-state index >= 15 is 0 Å². The predicted molar refractivity (Wildman–Crippen MR) is 120 cm³/mol. The number of ether oxygens (including phenoxy) is 1. The fraction of sp³-hybridized carbons (Fsp3) is 0.458. The van der Waals surface area contributed by atoms with Crippen molar-refractivity contribution < 1.29 is 9.13 Å². The van der Waals surface area contributed by atoms with E-state index in [0.29, 0.717) is 11.7 Å². The highest BCUT2D eigenvalue weighted by Gasteiger charge is 2.34. The average Bonchev–Trinajstić information content (AvgIpc) is 3.53. The topological polar surface area (TPSA) is 59.3 Å². The fourth-order valence-electron chi connectivity index (χ4n) is 5.11. The molecule has 2 heterocycles. The number of rotatable bonds is 6. The van der Waals surface area contributed by atoms with Gasteiger partial charge in [-0.25, -0.2) is 9.07 Å². The molecule has 1 saturated carbocycles. The number of anilines is 1. The van der Waals surface area contributed by atoms with E-state index in [1.54, 1.807) is 13.2 Å². The van der Waals surface area contributed by atoms with Crippen molar-refractivity contribution in [3.8, 4) is 5.75 Å². The molecular formula is C24H29FN6O. The minimum atomic E-state index is -0.174. The molecule has 0 spiro atoms. The van der Waals surface area contributed by atoms with Crippen LogP contribution in [0.4, 0.5) is 10.1 Å². The van der Waals surface area contributed by atoms with Gasteiger partial charge >= 0.3 is 0 Å². The number of hydrogen-bond acceptors (Lipinski definition) is 6. The van der Waals surface area contributed by atoms with Crippen LogP contribution in [0.1, 0.15) is 49.2 Å². The molecule has 1 atom stereocenters. The largest absolute Gasteiger partial charge is 0.496 e. The van der Waals surface area contributed by atoms with Crippen molar-refractivity contribution in [1.29, 1.82) is 0 Å². The van der Waals surface area contributed by atoms with E-state index in [-0.39, 0.29) is 11.9 Å². The van der Waals surface area contributed by atoms with Crippen molar-refractivity contribution in [2.75, 3.05) is 38.2 Å². The molecule has 1 saturated heterocycles. The fourth-order valence-corrected chi connectivity index (χ4v) is 5.11. The molecule has 0 N–H and O–H groups in total. The van der Waals surface area contributed by atoms with Gasteiger partial charge in [0.25, 0.3) is 0 Å². The summed E-state index contributed by atoms with van der Waals surface area (Å²) in [6, 6.07) is 15.3. The summed E-state index contributed by atoms with van der Waals surface area (Å²) >= 11 is 0. The summed E-state index contributed by atoms with van der Waals surface area (Å²) in [6.07, 6.45) is 4.64. The van der Waals surface area contributed by atoms with Crippen LogP contribution in [0.2, 0.25) is 0 Å². The Morgan fingerprint density at radius 3 is 2.44 bits per heavy atom.